The maximum Gasteiger partial charge on any atom is 0.253 e. The maximum absolute atomic E-state index is 12.7. The van der Waals surface area contributed by atoms with Gasteiger partial charge >= 0.3 is 0 Å². The van der Waals surface area contributed by atoms with Crippen LogP contribution in [0.15, 0.2) is 48.5 Å². The SMILES string of the molecule is Cn1c(CN2CCN(C(=O)c3ccccc3)CC2)nc2cc(NC(=O)C3CCCCC3)ccc21. The standard InChI is InChI=1S/C27H33N5O2/c1-30-24-13-12-22(28-26(33)20-8-4-2-5-9-20)18-23(24)29-25(30)19-31-14-16-32(17-15-31)27(34)21-10-6-3-7-11-21/h3,6-7,10-13,18,20H,2,4-5,8-9,14-17,19H2,1H3,(H,28,33). The lowest BCUT2D eigenvalue weighted by Gasteiger charge is -2.34. The molecule has 1 aliphatic carbocycles. The van der Waals surface area contributed by atoms with Gasteiger partial charge in [0.15, 0.2) is 0 Å². The van der Waals surface area contributed by atoms with E-state index in [9.17, 15) is 9.59 Å². The van der Waals surface area contributed by atoms with Gasteiger partial charge in [-0.25, -0.2) is 4.98 Å². The molecule has 1 aliphatic heterocycles. The quantitative estimate of drug-likeness (QED) is 0.625. The van der Waals surface area contributed by atoms with Gasteiger partial charge in [0.1, 0.15) is 5.82 Å². The van der Waals surface area contributed by atoms with E-state index in [0.29, 0.717) is 0 Å². The maximum atomic E-state index is 12.7. The molecule has 0 unspecified atom stereocenters. The number of fused-ring (bicyclic) bond motifs is 1. The Kier molecular flexibility index (Phi) is 6.63. The minimum Gasteiger partial charge on any atom is -0.336 e. The molecule has 7 heteroatoms. The molecule has 0 spiro atoms. The lowest BCUT2D eigenvalue weighted by Crippen LogP contribution is -2.48. The van der Waals surface area contributed by atoms with Crippen molar-refractivity contribution in [1.29, 1.82) is 0 Å². The van der Waals surface area contributed by atoms with Crippen LogP contribution in [0.25, 0.3) is 11.0 Å². The van der Waals surface area contributed by atoms with E-state index < -0.39 is 0 Å². The highest BCUT2D eigenvalue weighted by Gasteiger charge is 2.24. The number of anilines is 1. The van der Waals surface area contributed by atoms with E-state index in [-0.39, 0.29) is 17.7 Å². The highest BCUT2D eigenvalue weighted by Crippen LogP contribution is 2.26. The van der Waals surface area contributed by atoms with E-state index in [1.165, 1.54) is 6.42 Å². The number of hydrogen-bond acceptors (Lipinski definition) is 4. The van der Waals surface area contributed by atoms with Gasteiger partial charge in [0.25, 0.3) is 5.91 Å². The van der Waals surface area contributed by atoms with Crippen molar-refractivity contribution in [3.63, 3.8) is 0 Å². The van der Waals surface area contributed by atoms with Gasteiger partial charge in [-0.1, -0.05) is 37.5 Å². The summed E-state index contributed by atoms with van der Waals surface area (Å²) in [5.41, 5.74) is 3.53. The second-order valence-electron chi connectivity index (χ2n) is 9.55. The monoisotopic (exact) mass is 459 g/mol. The van der Waals surface area contributed by atoms with Crippen LogP contribution in [0.2, 0.25) is 0 Å². The molecule has 2 heterocycles. The third kappa shape index (κ3) is 4.85. The molecule has 2 aromatic carbocycles. The normalized spacial score (nSPS) is 17.7. The van der Waals surface area contributed by atoms with Crippen LogP contribution in [-0.4, -0.2) is 57.3 Å². The van der Waals surface area contributed by atoms with Crippen molar-refractivity contribution in [3.05, 3.63) is 59.9 Å². The van der Waals surface area contributed by atoms with E-state index in [2.05, 4.69) is 14.8 Å². The Balaban J connectivity index is 1.21. The summed E-state index contributed by atoms with van der Waals surface area (Å²) in [4.78, 5) is 34.5. The summed E-state index contributed by atoms with van der Waals surface area (Å²) in [5, 5.41) is 3.11. The summed E-state index contributed by atoms with van der Waals surface area (Å²) < 4.78 is 2.13. The van der Waals surface area contributed by atoms with Gasteiger partial charge in [-0.2, -0.15) is 0 Å². The lowest BCUT2D eigenvalue weighted by molar-refractivity contribution is -0.120. The van der Waals surface area contributed by atoms with Crippen LogP contribution in [0.1, 0.15) is 48.3 Å². The summed E-state index contributed by atoms with van der Waals surface area (Å²) in [7, 11) is 2.04. The fourth-order valence-corrected chi connectivity index (χ4v) is 5.15. The predicted octanol–water partition coefficient (Wildman–Crippen LogP) is 4.05. The van der Waals surface area contributed by atoms with Crippen LogP contribution in [-0.2, 0) is 18.4 Å². The Hall–Kier alpha value is -3.19. The van der Waals surface area contributed by atoms with Crippen LogP contribution in [0.3, 0.4) is 0 Å². The number of rotatable bonds is 5. The van der Waals surface area contributed by atoms with Crippen LogP contribution >= 0.6 is 0 Å². The predicted molar refractivity (Wildman–Crippen MR) is 134 cm³/mol. The third-order valence-corrected chi connectivity index (χ3v) is 7.26. The van der Waals surface area contributed by atoms with E-state index in [1.54, 1.807) is 0 Å². The Morgan fingerprint density at radius 3 is 2.44 bits per heavy atom. The number of carbonyl (C=O) groups excluding carboxylic acids is 2. The molecule has 1 N–H and O–H groups in total. The first-order valence-electron chi connectivity index (χ1n) is 12.4. The number of hydrogen-bond donors (Lipinski definition) is 1. The van der Waals surface area contributed by atoms with Crippen molar-refractivity contribution in [1.82, 2.24) is 19.4 Å². The zero-order valence-electron chi connectivity index (χ0n) is 19.9. The van der Waals surface area contributed by atoms with Gasteiger partial charge in [-0.3, -0.25) is 14.5 Å². The van der Waals surface area contributed by atoms with Crippen LogP contribution in [0, 0.1) is 5.92 Å². The summed E-state index contributed by atoms with van der Waals surface area (Å²) >= 11 is 0. The highest BCUT2D eigenvalue weighted by molar-refractivity contribution is 5.95. The number of imidazole rings is 1. The van der Waals surface area contributed by atoms with Crippen LogP contribution in [0.4, 0.5) is 5.69 Å². The van der Waals surface area contributed by atoms with Gasteiger partial charge in [-0.05, 0) is 43.2 Å². The molecule has 178 valence electrons. The zero-order valence-corrected chi connectivity index (χ0v) is 19.9. The molecule has 2 aliphatic rings. The van der Waals surface area contributed by atoms with Gasteiger partial charge < -0.3 is 14.8 Å². The van der Waals surface area contributed by atoms with Gasteiger partial charge in [0.05, 0.1) is 17.6 Å². The number of aromatic nitrogens is 2. The number of amides is 2. The Labute approximate surface area is 200 Å². The number of nitrogens with one attached hydrogen (secondary N) is 1. The average molecular weight is 460 g/mol. The fourth-order valence-electron chi connectivity index (χ4n) is 5.15. The molecule has 34 heavy (non-hydrogen) atoms. The molecule has 1 saturated carbocycles. The van der Waals surface area contributed by atoms with Crippen molar-refractivity contribution >= 4 is 28.5 Å². The second kappa shape index (κ2) is 9.97. The first-order chi connectivity index (χ1) is 16.6. The van der Waals surface area contributed by atoms with Gasteiger partial charge in [0.2, 0.25) is 5.91 Å². The van der Waals surface area contributed by atoms with E-state index in [1.807, 2.05) is 60.5 Å². The third-order valence-electron chi connectivity index (χ3n) is 7.26. The summed E-state index contributed by atoms with van der Waals surface area (Å²) in [5.74, 6) is 1.37. The van der Waals surface area contributed by atoms with E-state index >= 15 is 0 Å². The topological polar surface area (TPSA) is 70.5 Å². The van der Waals surface area contributed by atoms with Crippen LogP contribution in [0.5, 0.6) is 0 Å². The molecule has 2 fully saturated rings. The molecule has 2 amide bonds. The molecule has 0 atom stereocenters. The highest BCUT2D eigenvalue weighted by atomic mass is 16.2. The van der Waals surface area contributed by atoms with Gasteiger partial charge in [0, 0.05) is 50.4 Å². The minimum atomic E-state index is 0.103. The Morgan fingerprint density at radius 1 is 0.971 bits per heavy atom. The number of carbonyl (C=O) groups is 2. The summed E-state index contributed by atoms with van der Waals surface area (Å²) in [6.45, 7) is 3.82. The molecule has 7 nitrogen and oxygen atoms in total. The van der Waals surface area contributed by atoms with Crippen molar-refractivity contribution in [3.8, 4) is 0 Å². The molecule has 1 saturated heterocycles. The largest absolute Gasteiger partial charge is 0.336 e. The summed E-state index contributed by atoms with van der Waals surface area (Å²) in [6, 6.07) is 15.5. The van der Waals surface area contributed by atoms with Crippen molar-refractivity contribution in [2.75, 3.05) is 31.5 Å². The average Bonchev–Trinajstić information content (AvgIpc) is 3.19. The molecule has 1 aromatic heterocycles. The number of aryl methyl sites for hydroxylation is 1. The van der Waals surface area contributed by atoms with E-state index in [4.69, 9.17) is 4.98 Å². The summed E-state index contributed by atoms with van der Waals surface area (Å²) in [6.07, 6.45) is 5.52. The first kappa shape index (κ1) is 22.6. The molecular formula is C27H33N5O2. The Morgan fingerprint density at radius 2 is 1.71 bits per heavy atom. The molecule has 5 rings (SSSR count). The lowest BCUT2D eigenvalue weighted by atomic mass is 9.88. The van der Waals surface area contributed by atoms with Crippen molar-refractivity contribution in [2.45, 2.75) is 38.6 Å². The smallest absolute Gasteiger partial charge is 0.253 e. The Bertz CT molecular complexity index is 1160. The molecule has 0 radical (unpaired) electrons. The fraction of sp³-hybridized carbons (Fsp3) is 0.444. The second-order valence-corrected chi connectivity index (χ2v) is 9.55. The van der Waals surface area contributed by atoms with Gasteiger partial charge in [-0.15, -0.1) is 0 Å². The molecular weight excluding hydrogens is 426 g/mol. The number of nitrogens with zero attached hydrogens (tertiary/aromatic N) is 4. The molecule has 0 bridgehead atoms. The first-order valence-corrected chi connectivity index (χ1v) is 12.4. The van der Waals surface area contributed by atoms with Crippen molar-refractivity contribution in [2.24, 2.45) is 13.0 Å². The number of piperazine rings is 1. The number of benzene rings is 2. The van der Waals surface area contributed by atoms with E-state index in [0.717, 1.165) is 86.5 Å². The molecule has 3 aromatic rings. The van der Waals surface area contributed by atoms with Crippen molar-refractivity contribution < 1.29 is 9.59 Å². The van der Waals surface area contributed by atoms with Crippen LogP contribution < -0.4 is 5.32 Å². The zero-order chi connectivity index (χ0) is 23.5. The minimum absolute atomic E-state index is 0.103.